The predicted molar refractivity (Wildman–Crippen MR) is 111 cm³/mol. The topological polar surface area (TPSA) is 72.5 Å². The Morgan fingerprint density at radius 3 is 2.39 bits per heavy atom. The van der Waals surface area contributed by atoms with E-state index in [1.165, 1.54) is 24.0 Å². The third kappa shape index (κ3) is 5.21. The molecule has 5 nitrogen and oxygen atoms in total. The van der Waals surface area contributed by atoms with E-state index in [1.807, 2.05) is 36.6 Å². The summed E-state index contributed by atoms with van der Waals surface area (Å²) in [5.74, 6) is -0.252. The first-order valence-electron chi connectivity index (χ1n) is 9.51. The Kier molecular flexibility index (Phi) is 6.58. The molecule has 0 saturated heterocycles. The third-order valence-corrected chi connectivity index (χ3v) is 8.41. The lowest BCUT2D eigenvalue weighted by Gasteiger charge is -2.29. The summed E-state index contributed by atoms with van der Waals surface area (Å²) in [5.41, 5.74) is 3.00. The van der Waals surface area contributed by atoms with Crippen molar-refractivity contribution in [1.29, 1.82) is 0 Å². The zero-order valence-electron chi connectivity index (χ0n) is 16.4. The van der Waals surface area contributed by atoms with Gasteiger partial charge < -0.3 is 4.74 Å². The van der Waals surface area contributed by atoms with E-state index in [-0.39, 0.29) is 17.8 Å². The van der Waals surface area contributed by atoms with Gasteiger partial charge in [0.25, 0.3) is 0 Å². The second-order valence-electron chi connectivity index (χ2n) is 7.72. The highest BCUT2D eigenvalue weighted by Gasteiger charge is 2.35. The van der Waals surface area contributed by atoms with Crippen molar-refractivity contribution in [1.82, 2.24) is 4.72 Å². The Morgan fingerprint density at radius 2 is 1.82 bits per heavy atom. The van der Waals surface area contributed by atoms with Crippen LogP contribution in [-0.4, -0.2) is 28.0 Å². The zero-order chi connectivity index (χ0) is 20.2. The minimum Gasteiger partial charge on any atom is -0.469 e. The van der Waals surface area contributed by atoms with Crippen LogP contribution >= 0.6 is 11.3 Å². The van der Waals surface area contributed by atoms with Gasteiger partial charge in [-0.05, 0) is 59.7 Å². The van der Waals surface area contributed by atoms with Crippen LogP contribution in [0.4, 0.5) is 0 Å². The number of thiophene rings is 1. The molecule has 0 radical (unpaired) electrons. The molecular weight excluding hydrogens is 394 g/mol. The number of carbonyl (C=O) groups excluding carboxylic acids is 1. The van der Waals surface area contributed by atoms with Crippen molar-refractivity contribution in [3.8, 4) is 0 Å². The standard InChI is InChI=1S/C21H27NO4S2/c1-16-11-20(27-14-16)28(24,25)22-15-21(9-3-4-10-21)13-18-7-5-17(6-8-18)12-19(23)26-2/h5-8,11,14,22H,3-4,9-10,12-13,15H2,1-2H3. The highest BCUT2D eigenvalue weighted by Crippen LogP contribution is 2.41. The number of hydrogen-bond donors (Lipinski definition) is 1. The van der Waals surface area contributed by atoms with Crippen LogP contribution in [0, 0.1) is 12.3 Å². The molecule has 0 bridgehead atoms. The molecule has 0 unspecified atom stereocenters. The lowest BCUT2D eigenvalue weighted by atomic mass is 9.80. The van der Waals surface area contributed by atoms with Crippen molar-refractivity contribution >= 4 is 27.3 Å². The van der Waals surface area contributed by atoms with E-state index in [2.05, 4.69) is 4.72 Å². The Morgan fingerprint density at radius 1 is 1.18 bits per heavy atom. The largest absolute Gasteiger partial charge is 0.469 e. The molecule has 0 aliphatic heterocycles. The molecule has 152 valence electrons. The molecule has 1 saturated carbocycles. The number of rotatable bonds is 8. The van der Waals surface area contributed by atoms with Crippen molar-refractivity contribution in [3.05, 3.63) is 52.4 Å². The van der Waals surface area contributed by atoms with Crippen LogP contribution in [0.3, 0.4) is 0 Å². The Labute approximate surface area is 171 Å². The van der Waals surface area contributed by atoms with Gasteiger partial charge in [0, 0.05) is 6.54 Å². The van der Waals surface area contributed by atoms with Gasteiger partial charge in [0.05, 0.1) is 13.5 Å². The molecule has 1 N–H and O–H groups in total. The van der Waals surface area contributed by atoms with Gasteiger partial charge in [-0.1, -0.05) is 37.1 Å². The van der Waals surface area contributed by atoms with Crippen LogP contribution in [0.25, 0.3) is 0 Å². The van der Waals surface area contributed by atoms with Crippen LogP contribution in [0.2, 0.25) is 0 Å². The van der Waals surface area contributed by atoms with Gasteiger partial charge in [-0.25, -0.2) is 13.1 Å². The smallest absolute Gasteiger partial charge is 0.309 e. The number of carbonyl (C=O) groups is 1. The number of ether oxygens (including phenoxy) is 1. The summed E-state index contributed by atoms with van der Waals surface area (Å²) in [7, 11) is -2.08. The van der Waals surface area contributed by atoms with Gasteiger partial charge in [-0.15, -0.1) is 11.3 Å². The molecule has 0 atom stereocenters. The summed E-state index contributed by atoms with van der Waals surface area (Å²) in [4.78, 5) is 11.4. The minimum absolute atomic E-state index is 0.0523. The molecule has 28 heavy (non-hydrogen) atoms. The molecule has 1 aliphatic rings. The fourth-order valence-electron chi connectivity index (χ4n) is 3.85. The fraction of sp³-hybridized carbons (Fsp3) is 0.476. The maximum absolute atomic E-state index is 12.6. The van der Waals surface area contributed by atoms with Crippen molar-refractivity contribution in [2.24, 2.45) is 5.41 Å². The number of esters is 1. The average molecular weight is 422 g/mol. The third-order valence-electron chi connectivity index (χ3n) is 5.45. The number of hydrogen-bond acceptors (Lipinski definition) is 5. The first-order chi connectivity index (χ1) is 13.3. The van der Waals surface area contributed by atoms with E-state index in [1.54, 1.807) is 6.07 Å². The van der Waals surface area contributed by atoms with Gasteiger partial charge in [0.15, 0.2) is 0 Å². The molecule has 1 aromatic carbocycles. The highest BCUT2D eigenvalue weighted by molar-refractivity contribution is 7.91. The number of methoxy groups -OCH3 is 1. The maximum Gasteiger partial charge on any atom is 0.309 e. The number of sulfonamides is 1. The first-order valence-corrected chi connectivity index (χ1v) is 11.9. The van der Waals surface area contributed by atoms with Crippen LogP contribution in [0.15, 0.2) is 39.9 Å². The lowest BCUT2D eigenvalue weighted by molar-refractivity contribution is -0.139. The van der Waals surface area contributed by atoms with Gasteiger partial charge in [-0.3, -0.25) is 4.79 Å². The molecule has 1 aromatic heterocycles. The molecular formula is C21H27NO4S2. The van der Waals surface area contributed by atoms with Crippen LogP contribution in [0.5, 0.6) is 0 Å². The monoisotopic (exact) mass is 421 g/mol. The summed E-state index contributed by atoms with van der Waals surface area (Å²) in [5, 5.41) is 1.86. The second kappa shape index (κ2) is 8.76. The normalized spacial score (nSPS) is 16.2. The molecule has 3 rings (SSSR count). The first kappa shape index (κ1) is 21.0. The lowest BCUT2D eigenvalue weighted by Crippen LogP contribution is -2.37. The van der Waals surface area contributed by atoms with Gasteiger partial charge in [0.1, 0.15) is 4.21 Å². The fourth-order valence-corrected chi connectivity index (χ4v) is 6.28. The summed E-state index contributed by atoms with van der Waals surface area (Å²) in [6.07, 6.45) is 5.38. The number of aryl methyl sites for hydroxylation is 1. The van der Waals surface area contributed by atoms with Crippen LogP contribution in [0.1, 0.15) is 42.4 Å². The molecule has 0 spiro atoms. The summed E-state index contributed by atoms with van der Waals surface area (Å²) in [6, 6.07) is 9.69. The van der Waals surface area contributed by atoms with E-state index >= 15 is 0 Å². The second-order valence-corrected chi connectivity index (χ2v) is 10.6. The van der Waals surface area contributed by atoms with Crippen molar-refractivity contribution in [3.63, 3.8) is 0 Å². The zero-order valence-corrected chi connectivity index (χ0v) is 18.0. The van der Waals surface area contributed by atoms with Crippen molar-refractivity contribution in [2.45, 2.75) is 49.7 Å². The van der Waals surface area contributed by atoms with E-state index in [0.29, 0.717) is 10.8 Å². The molecule has 1 fully saturated rings. The van der Waals surface area contributed by atoms with Crippen LogP contribution < -0.4 is 4.72 Å². The van der Waals surface area contributed by atoms with Gasteiger partial charge in [-0.2, -0.15) is 0 Å². The van der Waals surface area contributed by atoms with E-state index in [9.17, 15) is 13.2 Å². The summed E-state index contributed by atoms with van der Waals surface area (Å²) < 4.78 is 33.2. The minimum atomic E-state index is -3.46. The summed E-state index contributed by atoms with van der Waals surface area (Å²) in [6.45, 7) is 2.36. The average Bonchev–Trinajstić information content (AvgIpc) is 3.32. The SMILES string of the molecule is COC(=O)Cc1ccc(CC2(CNS(=O)(=O)c3cc(C)cs3)CCCC2)cc1. The Balaban J connectivity index is 1.68. The molecule has 0 amide bonds. The van der Waals surface area contributed by atoms with Gasteiger partial charge >= 0.3 is 5.97 Å². The predicted octanol–water partition coefficient (Wildman–Crippen LogP) is 3.85. The van der Waals surface area contributed by atoms with Crippen molar-refractivity contribution in [2.75, 3.05) is 13.7 Å². The Hall–Kier alpha value is -1.70. The summed E-state index contributed by atoms with van der Waals surface area (Å²) >= 11 is 1.26. The maximum atomic E-state index is 12.6. The number of benzene rings is 1. The van der Waals surface area contributed by atoms with Gasteiger partial charge in [0.2, 0.25) is 10.0 Å². The van der Waals surface area contributed by atoms with Crippen molar-refractivity contribution < 1.29 is 17.9 Å². The molecule has 1 heterocycles. The highest BCUT2D eigenvalue weighted by atomic mass is 32.2. The van der Waals surface area contributed by atoms with Crippen LogP contribution in [-0.2, 0) is 32.4 Å². The van der Waals surface area contributed by atoms with E-state index in [0.717, 1.165) is 43.2 Å². The molecule has 7 heteroatoms. The number of nitrogens with one attached hydrogen (secondary N) is 1. The Bertz CT molecular complexity index is 910. The molecule has 2 aromatic rings. The van der Waals surface area contributed by atoms with E-state index < -0.39 is 10.0 Å². The molecule has 1 aliphatic carbocycles. The quantitative estimate of drug-likeness (QED) is 0.657. The van der Waals surface area contributed by atoms with E-state index in [4.69, 9.17) is 4.74 Å².